The second-order valence-electron chi connectivity index (χ2n) is 5.22. The molecule has 78 valence electrons. The van der Waals surface area contributed by atoms with Crippen molar-refractivity contribution < 1.29 is 0 Å². The molecule has 2 unspecified atom stereocenters. The Hall–Kier alpha value is 0.290. The molecule has 0 amide bonds. The molecule has 1 aliphatic rings. The quantitative estimate of drug-likeness (QED) is 0.545. The summed E-state index contributed by atoms with van der Waals surface area (Å²) < 4.78 is 0. The van der Waals surface area contributed by atoms with E-state index in [1.807, 2.05) is 0 Å². The van der Waals surface area contributed by atoms with Crippen LogP contribution in [-0.2, 0) is 0 Å². The third kappa shape index (κ3) is 3.89. The molecule has 0 spiro atoms. The van der Waals surface area contributed by atoms with Crippen molar-refractivity contribution in [2.24, 2.45) is 11.8 Å². The van der Waals surface area contributed by atoms with Gasteiger partial charge in [0.25, 0.3) is 0 Å². The van der Waals surface area contributed by atoms with Crippen molar-refractivity contribution in [1.29, 1.82) is 0 Å². The Morgan fingerprint density at radius 2 is 1.92 bits per heavy atom. The van der Waals surface area contributed by atoms with Crippen LogP contribution in [0.1, 0.15) is 59.3 Å². The minimum atomic E-state index is 0.0787. The van der Waals surface area contributed by atoms with E-state index in [9.17, 15) is 0 Å². The Labute approximate surface area is 88.1 Å². The van der Waals surface area contributed by atoms with Crippen LogP contribution in [0.3, 0.4) is 0 Å². The highest BCUT2D eigenvalue weighted by atomic mass is 35.5. The summed E-state index contributed by atoms with van der Waals surface area (Å²) in [4.78, 5) is 0.0787. The first kappa shape index (κ1) is 11.4. The van der Waals surface area contributed by atoms with Gasteiger partial charge in [-0.15, -0.1) is 11.6 Å². The summed E-state index contributed by atoms with van der Waals surface area (Å²) in [5, 5.41) is 0. The zero-order valence-electron chi connectivity index (χ0n) is 9.28. The second kappa shape index (κ2) is 4.68. The zero-order chi connectivity index (χ0) is 9.90. The summed E-state index contributed by atoms with van der Waals surface area (Å²) >= 11 is 6.49. The van der Waals surface area contributed by atoms with Crippen molar-refractivity contribution in [1.82, 2.24) is 0 Å². The molecule has 0 radical (unpaired) electrons. The number of alkyl halides is 1. The predicted octanol–water partition coefficient (Wildman–Crippen LogP) is 4.61. The van der Waals surface area contributed by atoms with Crippen LogP contribution in [0.25, 0.3) is 0 Å². The highest BCUT2D eigenvalue weighted by Crippen LogP contribution is 2.37. The van der Waals surface area contributed by atoms with Gasteiger partial charge in [-0.3, -0.25) is 0 Å². The molecule has 0 bridgehead atoms. The number of hydrogen-bond acceptors (Lipinski definition) is 0. The van der Waals surface area contributed by atoms with E-state index in [1.165, 1.54) is 38.5 Å². The first-order valence-corrected chi connectivity index (χ1v) is 6.08. The van der Waals surface area contributed by atoms with Gasteiger partial charge in [0.1, 0.15) is 0 Å². The molecule has 0 nitrogen and oxygen atoms in total. The van der Waals surface area contributed by atoms with Gasteiger partial charge in [0, 0.05) is 4.87 Å². The Bertz CT molecular complexity index is 149. The Morgan fingerprint density at radius 3 is 2.54 bits per heavy atom. The Morgan fingerprint density at radius 1 is 1.23 bits per heavy atom. The first-order chi connectivity index (χ1) is 6.01. The minimum Gasteiger partial charge on any atom is -0.120 e. The SMILES string of the molecule is CC(C)C1CCCCCC(C)(Cl)C1. The summed E-state index contributed by atoms with van der Waals surface area (Å²) in [5.41, 5.74) is 0. The van der Waals surface area contributed by atoms with Gasteiger partial charge in [-0.1, -0.05) is 39.5 Å². The van der Waals surface area contributed by atoms with Crippen LogP contribution in [-0.4, -0.2) is 4.87 Å². The van der Waals surface area contributed by atoms with E-state index in [2.05, 4.69) is 20.8 Å². The van der Waals surface area contributed by atoms with Gasteiger partial charge < -0.3 is 0 Å². The number of rotatable bonds is 1. The zero-order valence-corrected chi connectivity index (χ0v) is 10.0. The third-order valence-corrected chi connectivity index (χ3v) is 3.75. The van der Waals surface area contributed by atoms with Crippen LogP contribution in [0.15, 0.2) is 0 Å². The van der Waals surface area contributed by atoms with Crippen molar-refractivity contribution in [2.45, 2.75) is 64.2 Å². The van der Waals surface area contributed by atoms with Gasteiger partial charge in [0.15, 0.2) is 0 Å². The lowest BCUT2D eigenvalue weighted by Gasteiger charge is -2.32. The van der Waals surface area contributed by atoms with Crippen molar-refractivity contribution in [2.75, 3.05) is 0 Å². The van der Waals surface area contributed by atoms with Crippen molar-refractivity contribution in [3.05, 3.63) is 0 Å². The Balaban J connectivity index is 2.53. The molecule has 0 saturated heterocycles. The molecular weight excluding hydrogens is 180 g/mol. The maximum atomic E-state index is 6.49. The fourth-order valence-corrected chi connectivity index (χ4v) is 2.73. The topological polar surface area (TPSA) is 0 Å². The number of hydrogen-bond donors (Lipinski definition) is 0. The molecule has 0 aromatic heterocycles. The van der Waals surface area contributed by atoms with E-state index in [0.717, 1.165) is 11.8 Å². The fourth-order valence-electron chi connectivity index (χ4n) is 2.40. The second-order valence-corrected chi connectivity index (χ2v) is 6.13. The van der Waals surface area contributed by atoms with E-state index in [-0.39, 0.29) is 4.87 Å². The minimum absolute atomic E-state index is 0.0787. The molecule has 0 N–H and O–H groups in total. The van der Waals surface area contributed by atoms with Crippen LogP contribution in [0.2, 0.25) is 0 Å². The molecule has 1 heteroatoms. The molecule has 0 aliphatic heterocycles. The maximum Gasteiger partial charge on any atom is 0.0421 e. The van der Waals surface area contributed by atoms with Crippen molar-refractivity contribution in [3.8, 4) is 0 Å². The van der Waals surface area contributed by atoms with Crippen LogP contribution >= 0.6 is 11.6 Å². The Kier molecular flexibility index (Phi) is 4.09. The lowest BCUT2D eigenvalue weighted by atomic mass is 9.79. The average Bonchev–Trinajstić information content (AvgIpc) is 1.97. The molecule has 0 heterocycles. The first-order valence-electron chi connectivity index (χ1n) is 5.70. The largest absolute Gasteiger partial charge is 0.120 e. The van der Waals surface area contributed by atoms with Crippen LogP contribution < -0.4 is 0 Å². The normalized spacial score (nSPS) is 37.2. The van der Waals surface area contributed by atoms with Gasteiger partial charge >= 0.3 is 0 Å². The third-order valence-electron chi connectivity index (χ3n) is 3.40. The van der Waals surface area contributed by atoms with E-state index < -0.39 is 0 Å². The summed E-state index contributed by atoms with van der Waals surface area (Å²) in [6.07, 6.45) is 7.93. The van der Waals surface area contributed by atoms with Crippen LogP contribution in [0.4, 0.5) is 0 Å². The molecule has 1 rings (SSSR count). The van der Waals surface area contributed by atoms with Gasteiger partial charge in [0.2, 0.25) is 0 Å². The van der Waals surface area contributed by atoms with Gasteiger partial charge in [-0.2, -0.15) is 0 Å². The molecule has 0 aromatic carbocycles. The van der Waals surface area contributed by atoms with Crippen LogP contribution in [0, 0.1) is 11.8 Å². The standard InChI is InChI=1S/C12H23Cl/c1-10(2)11-7-5-4-6-8-12(3,13)9-11/h10-11H,4-9H2,1-3H3. The van der Waals surface area contributed by atoms with Gasteiger partial charge in [-0.25, -0.2) is 0 Å². The van der Waals surface area contributed by atoms with Gasteiger partial charge in [-0.05, 0) is 31.6 Å². The van der Waals surface area contributed by atoms with E-state index >= 15 is 0 Å². The molecule has 1 saturated carbocycles. The van der Waals surface area contributed by atoms with Crippen molar-refractivity contribution in [3.63, 3.8) is 0 Å². The molecule has 1 fully saturated rings. The molecule has 1 aliphatic carbocycles. The number of halogens is 1. The smallest absolute Gasteiger partial charge is 0.0421 e. The van der Waals surface area contributed by atoms with Crippen LogP contribution in [0.5, 0.6) is 0 Å². The summed E-state index contributed by atoms with van der Waals surface area (Å²) in [6, 6.07) is 0. The maximum absolute atomic E-state index is 6.49. The van der Waals surface area contributed by atoms with E-state index in [1.54, 1.807) is 0 Å². The lowest BCUT2D eigenvalue weighted by molar-refractivity contribution is 0.266. The average molecular weight is 203 g/mol. The summed E-state index contributed by atoms with van der Waals surface area (Å²) in [5.74, 6) is 1.65. The molecule has 13 heavy (non-hydrogen) atoms. The lowest BCUT2D eigenvalue weighted by Crippen LogP contribution is -2.25. The summed E-state index contributed by atoms with van der Waals surface area (Å²) in [6.45, 7) is 6.88. The van der Waals surface area contributed by atoms with Gasteiger partial charge in [0.05, 0.1) is 0 Å². The molecule has 2 atom stereocenters. The monoisotopic (exact) mass is 202 g/mol. The summed E-state index contributed by atoms with van der Waals surface area (Å²) in [7, 11) is 0. The predicted molar refractivity (Wildman–Crippen MR) is 60.3 cm³/mol. The molecular formula is C12H23Cl. The van der Waals surface area contributed by atoms with Crippen molar-refractivity contribution >= 4 is 11.6 Å². The van der Waals surface area contributed by atoms with E-state index in [0.29, 0.717) is 0 Å². The molecule has 0 aromatic rings. The highest BCUT2D eigenvalue weighted by molar-refractivity contribution is 6.23. The highest BCUT2D eigenvalue weighted by Gasteiger charge is 2.28. The fraction of sp³-hybridized carbons (Fsp3) is 1.00. The van der Waals surface area contributed by atoms with E-state index in [4.69, 9.17) is 11.6 Å².